The third kappa shape index (κ3) is 2.07. The summed E-state index contributed by atoms with van der Waals surface area (Å²) >= 11 is 0. The third-order valence-corrected chi connectivity index (χ3v) is 3.62. The predicted molar refractivity (Wildman–Crippen MR) is 62.7 cm³/mol. The van der Waals surface area contributed by atoms with Gasteiger partial charge in [-0.1, -0.05) is 37.6 Å². The molecule has 82 valence electrons. The Kier molecular flexibility index (Phi) is 2.83. The minimum absolute atomic E-state index is 0.566. The topological polar surface area (TPSA) is 20.2 Å². The minimum atomic E-state index is -0.566. The molecule has 1 nitrogen and oxygen atoms in total. The van der Waals surface area contributed by atoms with E-state index in [4.69, 9.17) is 0 Å². The summed E-state index contributed by atoms with van der Waals surface area (Å²) in [4.78, 5) is 0. The molecular weight excluding hydrogens is 184 g/mol. The average Bonchev–Trinajstić information content (AvgIpc) is 2.17. The van der Waals surface area contributed by atoms with Crippen molar-refractivity contribution in [3.63, 3.8) is 0 Å². The Hall–Kier alpha value is -0.820. The van der Waals surface area contributed by atoms with Crippen molar-refractivity contribution >= 4 is 0 Å². The van der Waals surface area contributed by atoms with E-state index < -0.39 is 5.60 Å². The summed E-state index contributed by atoms with van der Waals surface area (Å²) in [5, 5.41) is 10.7. The van der Waals surface area contributed by atoms with E-state index in [0.717, 1.165) is 24.8 Å². The van der Waals surface area contributed by atoms with Gasteiger partial charge in [0.1, 0.15) is 0 Å². The van der Waals surface area contributed by atoms with E-state index in [1.165, 1.54) is 12.0 Å². The molecule has 0 aromatic heterocycles. The molecule has 1 aliphatic rings. The van der Waals surface area contributed by atoms with Gasteiger partial charge < -0.3 is 5.11 Å². The molecule has 2 atom stereocenters. The Morgan fingerprint density at radius 2 is 2.07 bits per heavy atom. The van der Waals surface area contributed by atoms with Gasteiger partial charge in [-0.2, -0.15) is 0 Å². The highest BCUT2D eigenvalue weighted by Gasteiger charge is 2.34. The summed E-state index contributed by atoms with van der Waals surface area (Å²) < 4.78 is 0. The Labute approximate surface area is 92.1 Å². The van der Waals surface area contributed by atoms with Crippen LogP contribution >= 0.6 is 0 Å². The molecule has 0 aliphatic heterocycles. The summed E-state index contributed by atoms with van der Waals surface area (Å²) in [6, 6.07) is 8.23. The zero-order chi connectivity index (χ0) is 10.9. The van der Waals surface area contributed by atoms with Gasteiger partial charge in [-0.05, 0) is 43.2 Å². The molecule has 1 fully saturated rings. The Balaban J connectivity index is 2.32. The molecule has 1 heteroatoms. The fourth-order valence-electron chi connectivity index (χ4n) is 2.86. The first kappa shape index (κ1) is 10.7. The van der Waals surface area contributed by atoms with Crippen molar-refractivity contribution < 1.29 is 5.11 Å². The fraction of sp³-hybridized carbons (Fsp3) is 0.571. The van der Waals surface area contributed by atoms with Crippen LogP contribution in [0.5, 0.6) is 0 Å². The van der Waals surface area contributed by atoms with E-state index >= 15 is 0 Å². The van der Waals surface area contributed by atoms with Crippen LogP contribution in [0.3, 0.4) is 0 Å². The molecule has 0 bridgehead atoms. The number of aliphatic hydroxyl groups is 1. The summed E-state index contributed by atoms with van der Waals surface area (Å²) in [7, 11) is 0. The van der Waals surface area contributed by atoms with Crippen LogP contribution in [0, 0.1) is 12.8 Å². The van der Waals surface area contributed by atoms with E-state index in [-0.39, 0.29) is 0 Å². The third-order valence-electron chi connectivity index (χ3n) is 3.62. The quantitative estimate of drug-likeness (QED) is 0.743. The van der Waals surface area contributed by atoms with Gasteiger partial charge in [0, 0.05) is 0 Å². The number of rotatable bonds is 1. The molecule has 0 unspecified atom stereocenters. The first-order valence-corrected chi connectivity index (χ1v) is 5.90. The molecule has 15 heavy (non-hydrogen) atoms. The van der Waals surface area contributed by atoms with Crippen molar-refractivity contribution in [1.29, 1.82) is 0 Å². The van der Waals surface area contributed by atoms with Gasteiger partial charge in [-0.15, -0.1) is 0 Å². The van der Waals surface area contributed by atoms with Crippen LogP contribution in [0.2, 0.25) is 0 Å². The van der Waals surface area contributed by atoms with Crippen LogP contribution in [0.25, 0.3) is 0 Å². The molecule has 0 heterocycles. The highest BCUT2D eigenvalue weighted by molar-refractivity contribution is 5.31. The molecule has 1 aromatic carbocycles. The molecule has 0 amide bonds. The van der Waals surface area contributed by atoms with Crippen molar-refractivity contribution in [2.75, 3.05) is 0 Å². The molecule has 1 N–H and O–H groups in total. The minimum Gasteiger partial charge on any atom is -0.385 e. The highest BCUT2D eigenvalue weighted by atomic mass is 16.3. The van der Waals surface area contributed by atoms with Gasteiger partial charge in [0.15, 0.2) is 0 Å². The number of aryl methyl sites for hydroxylation is 1. The Morgan fingerprint density at radius 1 is 1.33 bits per heavy atom. The lowest BCUT2D eigenvalue weighted by Crippen LogP contribution is -2.32. The van der Waals surface area contributed by atoms with Gasteiger partial charge in [-0.3, -0.25) is 0 Å². The van der Waals surface area contributed by atoms with Crippen LogP contribution in [-0.2, 0) is 5.60 Å². The van der Waals surface area contributed by atoms with Crippen LogP contribution < -0.4 is 0 Å². The predicted octanol–water partition coefficient (Wildman–Crippen LogP) is 3.39. The van der Waals surface area contributed by atoms with E-state index in [9.17, 15) is 5.11 Å². The lowest BCUT2D eigenvalue weighted by atomic mass is 9.74. The maximum absolute atomic E-state index is 10.7. The summed E-state index contributed by atoms with van der Waals surface area (Å²) in [5.41, 5.74) is 1.79. The van der Waals surface area contributed by atoms with Gasteiger partial charge >= 0.3 is 0 Å². The van der Waals surface area contributed by atoms with E-state index in [1.807, 2.05) is 12.1 Å². The largest absolute Gasteiger partial charge is 0.385 e. The van der Waals surface area contributed by atoms with Gasteiger partial charge in [0.25, 0.3) is 0 Å². The summed E-state index contributed by atoms with van der Waals surface area (Å²) in [6.07, 6.45) is 4.24. The van der Waals surface area contributed by atoms with Crippen LogP contribution in [0.1, 0.15) is 43.7 Å². The second kappa shape index (κ2) is 3.97. The number of benzene rings is 1. The van der Waals surface area contributed by atoms with Crippen LogP contribution in [-0.4, -0.2) is 5.11 Å². The SMILES string of the molecule is Cc1ccccc1[C@@]1(O)CCC[C@H](C)C1. The molecule has 1 aliphatic carbocycles. The van der Waals surface area contributed by atoms with Gasteiger partial charge in [0.05, 0.1) is 5.60 Å². The van der Waals surface area contributed by atoms with Crippen molar-refractivity contribution in [2.45, 2.75) is 45.1 Å². The lowest BCUT2D eigenvalue weighted by Gasteiger charge is -2.36. The molecule has 1 saturated carbocycles. The molecule has 1 aromatic rings. The normalized spacial score (nSPS) is 31.5. The summed E-state index contributed by atoms with van der Waals surface area (Å²) in [5.74, 6) is 0.642. The maximum atomic E-state index is 10.7. The van der Waals surface area contributed by atoms with Crippen molar-refractivity contribution in [2.24, 2.45) is 5.92 Å². The maximum Gasteiger partial charge on any atom is 0.0901 e. The lowest BCUT2D eigenvalue weighted by molar-refractivity contribution is -0.0183. The zero-order valence-electron chi connectivity index (χ0n) is 9.66. The fourth-order valence-corrected chi connectivity index (χ4v) is 2.86. The molecule has 0 spiro atoms. The smallest absolute Gasteiger partial charge is 0.0901 e. The monoisotopic (exact) mass is 204 g/mol. The first-order chi connectivity index (χ1) is 7.12. The molecule has 2 rings (SSSR count). The Morgan fingerprint density at radius 3 is 2.73 bits per heavy atom. The first-order valence-electron chi connectivity index (χ1n) is 5.90. The van der Waals surface area contributed by atoms with Gasteiger partial charge in [0.2, 0.25) is 0 Å². The van der Waals surface area contributed by atoms with Crippen LogP contribution in [0.15, 0.2) is 24.3 Å². The second-order valence-corrected chi connectivity index (χ2v) is 5.05. The molecule has 0 saturated heterocycles. The van der Waals surface area contributed by atoms with Gasteiger partial charge in [-0.25, -0.2) is 0 Å². The second-order valence-electron chi connectivity index (χ2n) is 5.05. The number of hydrogen-bond acceptors (Lipinski definition) is 1. The standard InChI is InChI=1S/C14H20O/c1-11-6-5-9-14(15,10-11)13-8-4-3-7-12(13)2/h3-4,7-8,11,15H,5-6,9-10H2,1-2H3/t11-,14+/m0/s1. The van der Waals surface area contributed by atoms with E-state index in [2.05, 4.69) is 26.0 Å². The van der Waals surface area contributed by atoms with Crippen molar-refractivity contribution in [3.8, 4) is 0 Å². The zero-order valence-corrected chi connectivity index (χ0v) is 9.66. The summed E-state index contributed by atoms with van der Waals surface area (Å²) in [6.45, 7) is 4.33. The van der Waals surface area contributed by atoms with E-state index in [1.54, 1.807) is 0 Å². The highest BCUT2D eigenvalue weighted by Crippen LogP contribution is 2.40. The van der Waals surface area contributed by atoms with E-state index in [0.29, 0.717) is 5.92 Å². The molecular formula is C14H20O. The van der Waals surface area contributed by atoms with Crippen molar-refractivity contribution in [3.05, 3.63) is 35.4 Å². The Bertz CT molecular complexity index is 345. The number of hydrogen-bond donors (Lipinski definition) is 1. The average molecular weight is 204 g/mol. The van der Waals surface area contributed by atoms with Crippen LogP contribution in [0.4, 0.5) is 0 Å². The van der Waals surface area contributed by atoms with Crippen molar-refractivity contribution in [1.82, 2.24) is 0 Å². The molecule has 0 radical (unpaired) electrons.